The summed E-state index contributed by atoms with van der Waals surface area (Å²) in [7, 11) is 0. The van der Waals surface area contributed by atoms with Gasteiger partial charge in [0.05, 0.1) is 6.54 Å². The van der Waals surface area contributed by atoms with Gasteiger partial charge < -0.3 is 5.32 Å². The Kier molecular flexibility index (Phi) is 7.08. The summed E-state index contributed by atoms with van der Waals surface area (Å²) in [5, 5.41) is 5.93. The highest BCUT2D eigenvalue weighted by molar-refractivity contribution is 7.09. The lowest BCUT2D eigenvalue weighted by Crippen LogP contribution is -2.50. The molecule has 1 fully saturated rings. The molecule has 0 bridgehead atoms. The third-order valence-electron chi connectivity index (χ3n) is 4.95. The molecular weight excluding hydrogens is 366 g/mol. The number of halogens is 1. The summed E-state index contributed by atoms with van der Waals surface area (Å²) in [6.07, 6.45) is 0.909. The molecule has 1 atom stereocenters. The first-order valence-electron chi connectivity index (χ1n) is 9.13. The second kappa shape index (κ2) is 9.51. The van der Waals surface area contributed by atoms with Gasteiger partial charge in [-0.05, 0) is 36.4 Å². The molecule has 0 radical (unpaired) electrons. The Morgan fingerprint density at radius 2 is 1.96 bits per heavy atom. The van der Waals surface area contributed by atoms with Crippen molar-refractivity contribution in [3.8, 4) is 0 Å². The van der Waals surface area contributed by atoms with Crippen molar-refractivity contribution in [2.24, 2.45) is 0 Å². The van der Waals surface area contributed by atoms with Gasteiger partial charge in [-0.15, -0.1) is 11.3 Å². The Balaban J connectivity index is 1.39. The SMILES string of the molecule is CC(c1ccccc1Cl)N1CCN(CC(=O)NCCc2cccs2)CC1. The number of thiophene rings is 1. The molecule has 0 aliphatic carbocycles. The minimum atomic E-state index is 0.120. The van der Waals surface area contributed by atoms with Crippen LogP contribution >= 0.6 is 22.9 Å². The molecule has 1 aliphatic heterocycles. The minimum absolute atomic E-state index is 0.120. The first-order valence-corrected chi connectivity index (χ1v) is 10.4. The van der Waals surface area contributed by atoms with Gasteiger partial charge in [0.1, 0.15) is 0 Å². The first kappa shape index (κ1) is 19.4. The van der Waals surface area contributed by atoms with Gasteiger partial charge in [0, 0.05) is 48.7 Å². The maximum Gasteiger partial charge on any atom is 0.234 e. The van der Waals surface area contributed by atoms with Crippen molar-refractivity contribution in [2.45, 2.75) is 19.4 Å². The average molecular weight is 392 g/mol. The van der Waals surface area contributed by atoms with Crippen LogP contribution in [0.2, 0.25) is 5.02 Å². The summed E-state index contributed by atoms with van der Waals surface area (Å²) in [4.78, 5) is 18.1. The Hall–Kier alpha value is -1.40. The van der Waals surface area contributed by atoms with E-state index < -0.39 is 0 Å². The molecule has 1 amide bonds. The van der Waals surface area contributed by atoms with Gasteiger partial charge >= 0.3 is 0 Å². The van der Waals surface area contributed by atoms with E-state index in [0.29, 0.717) is 19.1 Å². The third-order valence-corrected chi connectivity index (χ3v) is 6.23. The van der Waals surface area contributed by atoms with Crippen LogP contribution in [0.15, 0.2) is 41.8 Å². The standard InChI is InChI=1S/C20H26ClN3OS/c1-16(18-6-2-3-7-19(18)21)24-12-10-23(11-13-24)15-20(25)22-9-8-17-5-4-14-26-17/h2-7,14,16H,8-13,15H2,1H3,(H,22,25). The molecule has 4 nitrogen and oxygen atoms in total. The third kappa shape index (κ3) is 5.30. The Morgan fingerprint density at radius 1 is 1.19 bits per heavy atom. The quantitative estimate of drug-likeness (QED) is 0.785. The molecule has 1 aromatic heterocycles. The molecule has 2 aromatic rings. The molecule has 1 unspecified atom stereocenters. The van der Waals surface area contributed by atoms with Crippen LogP contribution in [-0.2, 0) is 11.2 Å². The van der Waals surface area contributed by atoms with Gasteiger partial charge in [0.2, 0.25) is 5.91 Å². The lowest BCUT2D eigenvalue weighted by molar-refractivity contribution is -0.122. The zero-order chi connectivity index (χ0) is 18.4. The van der Waals surface area contributed by atoms with Crippen LogP contribution in [0.1, 0.15) is 23.4 Å². The number of nitrogens with zero attached hydrogens (tertiary/aromatic N) is 2. The van der Waals surface area contributed by atoms with Crippen LogP contribution in [0.5, 0.6) is 0 Å². The van der Waals surface area contributed by atoms with Gasteiger partial charge in [-0.25, -0.2) is 0 Å². The molecule has 26 heavy (non-hydrogen) atoms. The fourth-order valence-electron chi connectivity index (χ4n) is 3.36. The van der Waals surface area contributed by atoms with Gasteiger partial charge in [-0.1, -0.05) is 35.9 Å². The smallest absolute Gasteiger partial charge is 0.234 e. The highest BCUT2D eigenvalue weighted by Crippen LogP contribution is 2.27. The molecule has 0 saturated carbocycles. The highest BCUT2D eigenvalue weighted by atomic mass is 35.5. The molecule has 1 aromatic carbocycles. The van der Waals surface area contributed by atoms with E-state index in [-0.39, 0.29) is 5.91 Å². The number of rotatable bonds is 7. The number of carbonyl (C=O) groups excluding carboxylic acids is 1. The van der Waals surface area contributed by atoms with E-state index in [9.17, 15) is 4.79 Å². The number of nitrogens with one attached hydrogen (secondary N) is 1. The van der Waals surface area contributed by atoms with Crippen molar-refractivity contribution in [3.63, 3.8) is 0 Å². The zero-order valence-corrected chi connectivity index (χ0v) is 16.7. The lowest BCUT2D eigenvalue weighted by atomic mass is 10.1. The van der Waals surface area contributed by atoms with Gasteiger partial charge in [0.25, 0.3) is 0 Å². The van der Waals surface area contributed by atoms with Gasteiger partial charge in [-0.2, -0.15) is 0 Å². The predicted octanol–water partition coefficient (Wildman–Crippen LogP) is 3.44. The van der Waals surface area contributed by atoms with Crippen LogP contribution < -0.4 is 5.32 Å². The maximum atomic E-state index is 12.1. The number of hydrogen-bond donors (Lipinski definition) is 1. The van der Waals surface area contributed by atoms with Crippen LogP contribution in [0, 0.1) is 0 Å². The number of benzene rings is 1. The van der Waals surface area contributed by atoms with Crippen molar-refractivity contribution in [1.82, 2.24) is 15.1 Å². The number of amides is 1. The molecular formula is C20H26ClN3OS. The van der Waals surface area contributed by atoms with E-state index >= 15 is 0 Å². The van der Waals surface area contributed by atoms with E-state index in [0.717, 1.165) is 37.6 Å². The second-order valence-electron chi connectivity index (χ2n) is 6.69. The topological polar surface area (TPSA) is 35.6 Å². The van der Waals surface area contributed by atoms with Gasteiger partial charge in [-0.3, -0.25) is 14.6 Å². The average Bonchev–Trinajstić information content (AvgIpc) is 3.16. The zero-order valence-electron chi connectivity index (χ0n) is 15.2. The van der Waals surface area contributed by atoms with E-state index in [4.69, 9.17) is 11.6 Å². The summed E-state index contributed by atoms with van der Waals surface area (Å²) in [5.41, 5.74) is 1.17. The Morgan fingerprint density at radius 3 is 2.65 bits per heavy atom. The maximum absolute atomic E-state index is 12.1. The Labute approximate surface area is 164 Å². The second-order valence-corrected chi connectivity index (χ2v) is 8.13. The number of carbonyl (C=O) groups is 1. The summed E-state index contributed by atoms with van der Waals surface area (Å²) in [6.45, 7) is 7.12. The highest BCUT2D eigenvalue weighted by Gasteiger charge is 2.24. The van der Waals surface area contributed by atoms with Crippen molar-refractivity contribution in [2.75, 3.05) is 39.3 Å². The van der Waals surface area contributed by atoms with Gasteiger partial charge in [0.15, 0.2) is 0 Å². The summed E-state index contributed by atoms with van der Waals surface area (Å²) in [5.74, 6) is 0.120. The van der Waals surface area contributed by atoms with Crippen LogP contribution in [-0.4, -0.2) is 55.0 Å². The van der Waals surface area contributed by atoms with Crippen molar-refractivity contribution in [1.29, 1.82) is 0 Å². The molecule has 140 valence electrons. The van der Waals surface area contributed by atoms with E-state index in [1.54, 1.807) is 11.3 Å². The normalized spacial score (nSPS) is 17.2. The van der Waals surface area contributed by atoms with Crippen molar-refractivity contribution in [3.05, 3.63) is 57.2 Å². The predicted molar refractivity (Wildman–Crippen MR) is 109 cm³/mol. The van der Waals surface area contributed by atoms with Crippen molar-refractivity contribution >= 4 is 28.8 Å². The van der Waals surface area contributed by atoms with E-state index in [1.807, 2.05) is 24.3 Å². The van der Waals surface area contributed by atoms with Crippen LogP contribution in [0.4, 0.5) is 0 Å². The lowest BCUT2D eigenvalue weighted by Gasteiger charge is -2.38. The molecule has 3 rings (SSSR count). The van der Waals surface area contributed by atoms with Crippen LogP contribution in [0.3, 0.4) is 0 Å². The molecule has 1 N–H and O–H groups in total. The molecule has 1 aliphatic rings. The molecule has 0 spiro atoms. The summed E-state index contributed by atoms with van der Waals surface area (Å²) in [6, 6.07) is 12.5. The van der Waals surface area contributed by atoms with Crippen molar-refractivity contribution < 1.29 is 4.79 Å². The summed E-state index contributed by atoms with van der Waals surface area (Å²) < 4.78 is 0. The fraction of sp³-hybridized carbons (Fsp3) is 0.450. The largest absolute Gasteiger partial charge is 0.355 e. The minimum Gasteiger partial charge on any atom is -0.355 e. The molecule has 6 heteroatoms. The number of hydrogen-bond acceptors (Lipinski definition) is 4. The summed E-state index contributed by atoms with van der Waals surface area (Å²) >= 11 is 8.07. The van der Waals surface area contributed by atoms with Crippen LogP contribution in [0.25, 0.3) is 0 Å². The fourth-order valence-corrected chi connectivity index (χ4v) is 4.36. The first-order chi connectivity index (χ1) is 12.6. The molecule has 1 saturated heterocycles. The Bertz CT molecular complexity index is 699. The monoisotopic (exact) mass is 391 g/mol. The van der Waals surface area contributed by atoms with E-state index in [1.165, 1.54) is 10.4 Å². The molecule has 2 heterocycles. The van der Waals surface area contributed by atoms with E-state index in [2.05, 4.69) is 39.6 Å². The number of piperazine rings is 1.